The minimum absolute atomic E-state index is 0.212. The maximum Gasteiger partial charge on any atom is 0.573 e. The van der Waals surface area contributed by atoms with Crippen LogP contribution in [0.3, 0.4) is 0 Å². The van der Waals surface area contributed by atoms with Crippen LogP contribution in [-0.4, -0.2) is 39.5 Å². The number of carbonyl (C=O) groups is 2. The standard InChI is InChI=1S/C29H38F3N3O4S/c1-17-22(26(36)33-21-12-20(13-21)27(37)38)15-23(35(17)16-18-8-6-5-7-9-18)19-10-11-25(40-34-28(2,3)4)24(14-19)39-29(30,31)32/h10-11,14-15,18,20-21,34H,5-9,12-13,16H2,1-4H3,(H,33,36)(H,37,38). The number of rotatable bonds is 9. The normalized spacial score (nSPS) is 20.2. The van der Waals surface area contributed by atoms with E-state index >= 15 is 0 Å². The lowest BCUT2D eigenvalue weighted by atomic mass is 9.80. The molecule has 2 aliphatic rings. The summed E-state index contributed by atoms with van der Waals surface area (Å²) in [6, 6.07) is 6.27. The lowest BCUT2D eigenvalue weighted by Gasteiger charge is -2.32. The van der Waals surface area contributed by atoms with Crippen molar-refractivity contribution in [3.05, 3.63) is 35.5 Å². The average Bonchev–Trinajstić information content (AvgIpc) is 3.15. The Morgan fingerprint density at radius 1 is 1.10 bits per heavy atom. The highest BCUT2D eigenvalue weighted by Gasteiger charge is 2.36. The zero-order valence-corrected chi connectivity index (χ0v) is 24.2. The molecule has 0 bridgehead atoms. The number of carbonyl (C=O) groups excluding carboxylic acids is 1. The van der Waals surface area contributed by atoms with Gasteiger partial charge in [-0.2, -0.15) is 0 Å². The van der Waals surface area contributed by atoms with E-state index in [4.69, 9.17) is 5.11 Å². The van der Waals surface area contributed by atoms with Gasteiger partial charge >= 0.3 is 12.3 Å². The van der Waals surface area contributed by atoms with Crippen LogP contribution in [0.4, 0.5) is 13.2 Å². The summed E-state index contributed by atoms with van der Waals surface area (Å²) in [5, 5.41) is 12.1. The van der Waals surface area contributed by atoms with Crippen LogP contribution >= 0.6 is 11.9 Å². The van der Waals surface area contributed by atoms with E-state index in [9.17, 15) is 22.8 Å². The first-order chi connectivity index (χ1) is 18.7. The number of nitrogens with one attached hydrogen (secondary N) is 2. The topological polar surface area (TPSA) is 92.6 Å². The van der Waals surface area contributed by atoms with Crippen LogP contribution in [0.25, 0.3) is 11.3 Å². The lowest BCUT2D eigenvalue weighted by molar-refractivity contribution is -0.275. The molecule has 7 nitrogen and oxygen atoms in total. The smallest absolute Gasteiger partial charge is 0.481 e. The third kappa shape index (κ3) is 7.75. The fourth-order valence-electron chi connectivity index (χ4n) is 5.34. The number of ether oxygens (including phenoxy) is 1. The van der Waals surface area contributed by atoms with E-state index in [-0.39, 0.29) is 23.2 Å². The molecule has 1 aromatic heterocycles. The van der Waals surface area contributed by atoms with Gasteiger partial charge in [0.1, 0.15) is 5.75 Å². The van der Waals surface area contributed by atoms with Crippen molar-refractivity contribution in [3.63, 3.8) is 0 Å². The number of aromatic nitrogens is 1. The van der Waals surface area contributed by atoms with Crippen molar-refractivity contribution < 1.29 is 32.6 Å². The number of hydrogen-bond acceptors (Lipinski definition) is 5. The van der Waals surface area contributed by atoms with Crippen molar-refractivity contribution in [3.8, 4) is 17.0 Å². The van der Waals surface area contributed by atoms with E-state index < -0.39 is 18.2 Å². The molecule has 2 saturated carbocycles. The highest BCUT2D eigenvalue weighted by Crippen LogP contribution is 2.39. The Morgan fingerprint density at radius 2 is 1.77 bits per heavy atom. The summed E-state index contributed by atoms with van der Waals surface area (Å²) in [7, 11) is 0. The van der Waals surface area contributed by atoms with Gasteiger partial charge in [-0.15, -0.1) is 13.2 Å². The Bertz CT molecular complexity index is 1230. The Labute approximate surface area is 237 Å². The number of halogens is 3. The van der Waals surface area contributed by atoms with Gasteiger partial charge in [0.05, 0.1) is 16.4 Å². The molecule has 3 N–H and O–H groups in total. The second-order valence-corrected chi connectivity index (χ2v) is 12.8. The number of aliphatic carboxylic acids is 1. The summed E-state index contributed by atoms with van der Waals surface area (Å²) < 4.78 is 49.8. The first-order valence-corrected chi connectivity index (χ1v) is 14.6. The fraction of sp³-hybridized carbons (Fsp3) is 0.586. The van der Waals surface area contributed by atoms with Gasteiger partial charge in [-0.1, -0.05) is 25.3 Å². The summed E-state index contributed by atoms with van der Waals surface area (Å²) in [4.78, 5) is 24.7. The molecule has 11 heteroatoms. The summed E-state index contributed by atoms with van der Waals surface area (Å²) >= 11 is 1.07. The molecule has 0 unspecified atom stereocenters. The molecule has 2 aliphatic carbocycles. The number of carboxylic acid groups (broad SMARTS) is 1. The molecule has 0 atom stereocenters. The molecule has 1 aromatic carbocycles. The summed E-state index contributed by atoms with van der Waals surface area (Å²) in [5.74, 6) is -1.51. The van der Waals surface area contributed by atoms with Crippen molar-refractivity contribution in [1.29, 1.82) is 0 Å². The van der Waals surface area contributed by atoms with Crippen LogP contribution in [0.2, 0.25) is 0 Å². The summed E-state index contributed by atoms with van der Waals surface area (Å²) in [5.41, 5.74) is 2.01. The predicted octanol–water partition coefficient (Wildman–Crippen LogP) is 6.93. The molecule has 2 fully saturated rings. The molecule has 4 rings (SSSR count). The average molecular weight is 582 g/mol. The molecular weight excluding hydrogens is 543 g/mol. The van der Waals surface area contributed by atoms with Crippen molar-refractivity contribution in [2.24, 2.45) is 11.8 Å². The van der Waals surface area contributed by atoms with E-state index in [1.54, 1.807) is 18.2 Å². The monoisotopic (exact) mass is 581 g/mol. The summed E-state index contributed by atoms with van der Waals surface area (Å²) in [6.45, 7) is 8.26. The van der Waals surface area contributed by atoms with Gasteiger partial charge in [0.25, 0.3) is 5.91 Å². The van der Waals surface area contributed by atoms with Gasteiger partial charge in [-0.3, -0.25) is 14.3 Å². The number of amides is 1. The second-order valence-electron chi connectivity index (χ2n) is 12.0. The maximum absolute atomic E-state index is 13.4. The van der Waals surface area contributed by atoms with E-state index in [0.29, 0.717) is 47.0 Å². The lowest BCUT2D eigenvalue weighted by Crippen LogP contribution is -2.46. The first-order valence-electron chi connectivity index (χ1n) is 13.8. The molecule has 220 valence electrons. The third-order valence-electron chi connectivity index (χ3n) is 7.53. The van der Waals surface area contributed by atoms with Crippen molar-refractivity contribution in [2.45, 2.75) is 102 Å². The van der Waals surface area contributed by atoms with Crippen LogP contribution in [0.1, 0.15) is 81.8 Å². The predicted molar refractivity (Wildman–Crippen MR) is 148 cm³/mol. The Kier molecular flexibility index (Phi) is 9.14. The largest absolute Gasteiger partial charge is 0.573 e. The second kappa shape index (κ2) is 12.1. The molecule has 0 saturated heterocycles. The first kappa shape index (κ1) is 30.3. The minimum Gasteiger partial charge on any atom is -0.481 e. The van der Waals surface area contributed by atoms with Gasteiger partial charge in [0.15, 0.2) is 0 Å². The number of nitrogens with zero attached hydrogens (tertiary/aromatic N) is 1. The Morgan fingerprint density at radius 3 is 2.38 bits per heavy atom. The van der Waals surface area contributed by atoms with Gasteiger partial charge in [-0.25, -0.2) is 0 Å². The van der Waals surface area contributed by atoms with Crippen LogP contribution < -0.4 is 14.8 Å². The van der Waals surface area contributed by atoms with Gasteiger partial charge < -0.3 is 19.7 Å². The van der Waals surface area contributed by atoms with E-state index in [0.717, 1.165) is 43.3 Å². The number of alkyl halides is 3. The number of benzene rings is 1. The quantitative estimate of drug-likeness (QED) is 0.278. The van der Waals surface area contributed by atoms with E-state index in [1.165, 1.54) is 12.5 Å². The molecule has 0 spiro atoms. The Balaban J connectivity index is 1.68. The molecule has 1 amide bonds. The summed E-state index contributed by atoms with van der Waals surface area (Å²) in [6.07, 6.45) is 1.50. The molecule has 1 heterocycles. The van der Waals surface area contributed by atoms with Gasteiger partial charge in [0.2, 0.25) is 0 Å². The zero-order chi connectivity index (χ0) is 29.2. The zero-order valence-electron chi connectivity index (χ0n) is 23.4. The SMILES string of the molecule is Cc1c(C(=O)NC2CC(C(=O)O)C2)cc(-c2ccc(SNC(C)(C)C)c(OC(F)(F)F)c2)n1CC1CCCCC1. The maximum atomic E-state index is 13.4. The van der Waals surface area contributed by atoms with Crippen molar-refractivity contribution in [2.75, 3.05) is 0 Å². The number of hydrogen-bond donors (Lipinski definition) is 3. The Hall–Kier alpha value is -2.66. The van der Waals surface area contributed by atoms with Gasteiger partial charge in [-0.05, 0) is 89.4 Å². The molecule has 0 aliphatic heterocycles. The fourth-order valence-corrected chi connectivity index (χ4v) is 6.10. The third-order valence-corrected chi connectivity index (χ3v) is 8.80. The molecule has 0 radical (unpaired) electrons. The van der Waals surface area contributed by atoms with Crippen molar-refractivity contribution in [1.82, 2.24) is 14.6 Å². The van der Waals surface area contributed by atoms with E-state index in [2.05, 4.69) is 14.8 Å². The molecular formula is C29H38F3N3O4S. The minimum atomic E-state index is -4.86. The highest BCUT2D eigenvalue weighted by atomic mass is 32.2. The molecule has 2 aromatic rings. The van der Waals surface area contributed by atoms with Crippen LogP contribution in [0, 0.1) is 18.8 Å². The van der Waals surface area contributed by atoms with Crippen LogP contribution in [0.5, 0.6) is 5.75 Å². The highest BCUT2D eigenvalue weighted by molar-refractivity contribution is 7.97. The van der Waals surface area contributed by atoms with Gasteiger partial charge in [0, 0.05) is 35.1 Å². The van der Waals surface area contributed by atoms with Crippen LogP contribution in [-0.2, 0) is 11.3 Å². The van der Waals surface area contributed by atoms with Crippen molar-refractivity contribution >= 4 is 23.8 Å². The molecule has 40 heavy (non-hydrogen) atoms. The van der Waals surface area contributed by atoms with Crippen LogP contribution in [0.15, 0.2) is 29.2 Å². The van der Waals surface area contributed by atoms with E-state index in [1.807, 2.05) is 32.3 Å². The number of carboxylic acids is 1.